The average molecular weight is 380 g/mol. The summed E-state index contributed by atoms with van der Waals surface area (Å²) in [7, 11) is 0. The third kappa shape index (κ3) is 7.53. The summed E-state index contributed by atoms with van der Waals surface area (Å²) in [5.74, 6) is 0. The molecule has 0 atom stereocenters. The molecule has 0 aromatic carbocycles. The van der Waals surface area contributed by atoms with Gasteiger partial charge >= 0.3 is 6.09 Å². The van der Waals surface area contributed by atoms with Gasteiger partial charge in [-0.15, -0.1) is 0 Å². The second-order valence-corrected chi connectivity index (χ2v) is 7.69. The largest absolute Gasteiger partial charge is 0.444 e. The maximum Gasteiger partial charge on any atom is 0.410 e. The van der Waals surface area contributed by atoms with E-state index < -0.39 is 5.60 Å². The van der Waals surface area contributed by atoms with Crippen LogP contribution in [0.25, 0.3) is 0 Å². The topological polar surface area (TPSA) is 69.7 Å². The number of rotatable bonds is 5. The molecule has 0 saturated carbocycles. The van der Waals surface area contributed by atoms with Gasteiger partial charge in [-0.25, -0.2) is 4.79 Å². The lowest BCUT2D eigenvalue weighted by Crippen LogP contribution is -2.51. The average Bonchev–Trinajstić information content (AvgIpc) is 2.60. The summed E-state index contributed by atoms with van der Waals surface area (Å²) in [6.45, 7) is 11.1. The fraction of sp³-hybridized carbons (Fsp3) is 0.611. The maximum absolute atomic E-state index is 12.1. The van der Waals surface area contributed by atoms with Gasteiger partial charge in [-0.3, -0.25) is 9.88 Å². The molecule has 26 heavy (non-hydrogen) atoms. The van der Waals surface area contributed by atoms with E-state index >= 15 is 0 Å². The van der Waals surface area contributed by atoms with Crippen molar-refractivity contribution >= 4 is 23.4 Å². The standard InChI is InChI=1S/C18H29N5O2S/c1-18(2,3)25-17(24)23-11-9-22(10-12-23)8-7-20-16(26)21-14-15-5-4-6-19-13-15/h4-6,13H,7-12,14H2,1-3H3,(H2,20,21,26). The molecular weight excluding hydrogens is 350 g/mol. The molecule has 1 fully saturated rings. The number of aromatic nitrogens is 1. The van der Waals surface area contributed by atoms with Gasteiger partial charge in [0, 0.05) is 58.2 Å². The Labute approximate surface area is 161 Å². The van der Waals surface area contributed by atoms with Crippen LogP contribution in [0, 0.1) is 0 Å². The molecule has 8 heteroatoms. The van der Waals surface area contributed by atoms with Crippen LogP contribution in [0.4, 0.5) is 4.79 Å². The van der Waals surface area contributed by atoms with Gasteiger partial charge in [-0.2, -0.15) is 0 Å². The van der Waals surface area contributed by atoms with E-state index in [0.29, 0.717) is 24.7 Å². The Morgan fingerprint density at radius 3 is 2.62 bits per heavy atom. The lowest BCUT2D eigenvalue weighted by Gasteiger charge is -2.35. The molecule has 1 aliphatic heterocycles. The van der Waals surface area contributed by atoms with Crippen molar-refractivity contribution < 1.29 is 9.53 Å². The molecule has 0 aliphatic carbocycles. The number of nitrogens with zero attached hydrogens (tertiary/aromatic N) is 3. The van der Waals surface area contributed by atoms with Gasteiger partial charge in [-0.1, -0.05) is 6.07 Å². The molecule has 0 unspecified atom stereocenters. The van der Waals surface area contributed by atoms with Crippen molar-refractivity contribution in [1.82, 2.24) is 25.4 Å². The molecule has 0 bridgehead atoms. The lowest BCUT2D eigenvalue weighted by atomic mass is 10.2. The van der Waals surface area contributed by atoms with Gasteiger partial charge in [0.2, 0.25) is 0 Å². The van der Waals surface area contributed by atoms with Crippen molar-refractivity contribution in [2.24, 2.45) is 0 Å². The summed E-state index contributed by atoms with van der Waals surface area (Å²) in [5, 5.41) is 7.03. The Hall–Kier alpha value is -1.93. The number of thiocarbonyl (C=S) groups is 1. The maximum atomic E-state index is 12.1. The van der Waals surface area contributed by atoms with Gasteiger partial charge < -0.3 is 20.3 Å². The van der Waals surface area contributed by atoms with Crippen LogP contribution in [0.15, 0.2) is 24.5 Å². The zero-order valence-corrected chi connectivity index (χ0v) is 16.6. The number of hydrogen-bond acceptors (Lipinski definition) is 5. The third-order valence-electron chi connectivity index (χ3n) is 3.91. The summed E-state index contributed by atoms with van der Waals surface area (Å²) in [6.07, 6.45) is 3.35. The van der Waals surface area contributed by atoms with Crippen LogP contribution in [-0.4, -0.2) is 70.9 Å². The fourth-order valence-corrected chi connectivity index (χ4v) is 2.73. The molecule has 1 aromatic heterocycles. The van der Waals surface area contributed by atoms with Crippen LogP contribution in [-0.2, 0) is 11.3 Å². The highest BCUT2D eigenvalue weighted by Crippen LogP contribution is 2.11. The second-order valence-electron chi connectivity index (χ2n) is 7.28. The van der Waals surface area contributed by atoms with Gasteiger partial charge in [0.25, 0.3) is 0 Å². The molecule has 144 valence electrons. The normalized spacial score (nSPS) is 15.4. The van der Waals surface area contributed by atoms with E-state index in [1.54, 1.807) is 11.1 Å². The Morgan fingerprint density at radius 1 is 1.27 bits per heavy atom. The molecule has 7 nitrogen and oxygen atoms in total. The monoisotopic (exact) mass is 379 g/mol. The van der Waals surface area contributed by atoms with E-state index in [4.69, 9.17) is 17.0 Å². The summed E-state index contributed by atoms with van der Waals surface area (Å²) in [6, 6.07) is 3.91. The first kappa shape index (κ1) is 20.4. The Bertz CT molecular complexity index is 583. The summed E-state index contributed by atoms with van der Waals surface area (Å²) in [4.78, 5) is 20.2. The SMILES string of the molecule is CC(C)(C)OC(=O)N1CCN(CCNC(=S)NCc2cccnc2)CC1. The first-order chi connectivity index (χ1) is 12.3. The van der Waals surface area contributed by atoms with E-state index in [1.807, 2.05) is 39.1 Å². The predicted molar refractivity (Wildman–Crippen MR) is 106 cm³/mol. The van der Waals surface area contributed by atoms with Crippen LogP contribution in [0.2, 0.25) is 0 Å². The minimum atomic E-state index is -0.448. The molecule has 0 radical (unpaired) electrons. The number of piperazine rings is 1. The molecule has 1 amide bonds. The van der Waals surface area contributed by atoms with Crippen LogP contribution in [0.1, 0.15) is 26.3 Å². The number of hydrogen-bond donors (Lipinski definition) is 2. The predicted octanol–water partition coefficient (Wildman–Crippen LogP) is 1.60. The van der Waals surface area contributed by atoms with Crippen molar-refractivity contribution in [2.45, 2.75) is 32.9 Å². The Kier molecular flexibility index (Phi) is 7.59. The number of carbonyl (C=O) groups is 1. The first-order valence-corrected chi connectivity index (χ1v) is 9.35. The summed E-state index contributed by atoms with van der Waals surface area (Å²) < 4.78 is 5.41. The van der Waals surface area contributed by atoms with Gasteiger partial charge in [0.05, 0.1) is 0 Å². The van der Waals surface area contributed by atoms with Crippen molar-refractivity contribution in [1.29, 1.82) is 0 Å². The molecular formula is C18H29N5O2S. The molecule has 2 rings (SSSR count). The van der Waals surface area contributed by atoms with E-state index in [0.717, 1.165) is 31.7 Å². The number of pyridine rings is 1. The van der Waals surface area contributed by atoms with Crippen LogP contribution in [0.5, 0.6) is 0 Å². The zero-order chi connectivity index (χ0) is 19.0. The molecule has 2 N–H and O–H groups in total. The number of nitrogens with one attached hydrogen (secondary N) is 2. The van der Waals surface area contributed by atoms with E-state index in [1.165, 1.54) is 0 Å². The Balaban J connectivity index is 1.58. The van der Waals surface area contributed by atoms with E-state index in [-0.39, 0.29) is 6.09 Å². The third-order valence-corrected chi connectivity index (χ3v) is 4.20. The number of amides is 1. The molecule has 2 heterocycles. The van der Waals surface area contributed by atoms with Crippen molar-refractivity contribution in [2.75, 3.05) is 39.3 Å². The lowest BCUT2D eigenvalue weighted by molar-refractivity contribution is 0.0147. The molecule has 1 saturated heterocycles. The van der Waals surface area contributed by atoms with E-state index in [9.17, 15) is 4.79 Å². The molecule has 1 aliphatic rings. The van der Waals surface area contributed by atoms with Crippen LogP contribution < -0.4 is 10.6 Å². The van der Waals surface area contributed by atoms with Crippen LogP contribution >= 0.6 is 12.2 Å². The van der Waals surface area contributed by atoms with Gasteiger partial charge in [-0.05, 0) is 44.6 Å². The van der Waals surface area contributed by atoms with Gasteiger partial charge in [0.15, 0.2) is 5.11 Å². The second kappa shape index (κ2) is 9.68. The molecule has 1 aromatic rings. The Morgan fingerprint density at radius 2 is 2.00 bits per heavy atom. The van der Waals surface area contributed by atoms with Crippen LogP contribution in [0.3, 0.4) is 0 Å². The molecule has 0 spiro atoms. The van der Waals surface area contributed by atoms with E-state index in [2.05, 4.69) is 20.5 Å². The highest BCUT2D eigenvalue weighted by Gasteiger charge is 2.25. The minimum Gasteiger partial charge on any atom is -0.444 e. The summed E-state index contributed by atoms with van der Waals surface area (Å²) in [5.41, 5.74) is 0.645. The highest BCUT2D eigenvalue weighted by molar-refractivity contribution is 7.80. The number of ether oxygens (including phenoxy) is 1. The highest BCUT2D eigenvalue weighted by atomic mass is 32.1. The van der Waals surface area contributed by atoms with Crippen molar-refractivity contribution in [3.8, 4) is 0 Å². The quantitative estimate of drug-likeness (QED) is 0.753. The number of carbonyl (C=O) groups excluding carboxylic acids is 1. The smallest absolute Gasteiger partial charge is 0.410 e. The van der Waals surface area contributed by atoms with Gasteiger partial charge in [0.1, 0.15) is 5.60 Å². The van der Waals surface area contributed by atoms with Crippen molar-refractivity contribution in [3.05, 3.63) is 30.1 Å². The van der Waals surface area contributed by atoms with Crippen molar-refractivity contribution in [3.63, 3.8) is 0 Å². The summed E-state index contributed by atoms with van der Waals surface area (Å²) >= 11 is 5.29. The first-order valence-electron chi connectivity index (χ1n) is 8.94. The zero-order valence-electron chi connectivity index (χ0n) is 15.8. The minimum absolute atomic E-state index is 0.226. The fourth-order valence-electron chi connectivity index (χ4n) is 2.56.